The van der Waals surface area contributed by atoms with Crippen molar-refractivity contribution in [3.8, 4) is 12.1 Å². The minimum atomic E-state index is -0.744. The molecular weight excluding hydrogens is 212 g/mol. The topological polar surface area (TPSA) is 76.8 Å². The van der Waals surface area contributed by atoms with Crippen molar-refractivity contribution in [1.82, 2.24) is 0 Å². The van der Waals surface area contributed by atoms with Crippen LogP contribution in [0.5, 0.6) is 0 Å². The predicted molar refractivity (Wildman–Crippen MR) is 65.1 cm³/mol. The Balaban J connectivity index is 2.17. The normalized spacial score (nSPS) is 23.8. The number of nitriles is 2. The molecule has 2 N–H and O–H groups in total. The lowest BCUT2D eigenvalue weighted by Crippen LogP contribution is -2.53. The van der Waals surface area contributed by atoms with E-state index in [1.54, 1.807) is 12.1 Å². The van der Waals surface area contributed by atoms with E-state index in [-0.39, 0.29) is 0 Å². The molecule has 1 aromatic rings. The Kier molecular flexibility index (Phi) is 2.99. The monoisotopic (exact) mass is 226 g/mol. The maximum Gasteiger partial charge on any atom is 0.121 e. The van der Waals surface area contributed by atoms with Crippen LogP contribution in [-0.4, -0.2) is 18.6 Å². The van der Waals surface area contributed by atoms with Crippen LogP contribution in [0.3, 0.4) is 0 Å². The van der Waals surface area contributed by atoms with Gasteiger partial charge in [-0.2, -0.15) is 10.5 Å². The highest BCUT2D eigenvalue weighted by molar-refractivity contribution is 5.51. The summed E-state index contributed by atoms with van der Waals surface area (Å²) < 4.78 is 0. The molecule has 4 heteroatoms. The van der Waals surface area contributed by atoms with E-state index < -0.39 is 5.54 Å². The van der Waals surface area contributed by atoms with Crippen molar-refractivity contribution in [3.63, 3.8) is 0 Å². The molecule has 1 atom stereocenters. The summed E-state index contributed by atoms with van der Waals surface area (Å²) in [4.78, 5) is 2.11. The maximum atomic E-state index is 9.05. The Bertz CT molecular complexity index is 480. The van der Waals surface area contributed by atoms with Gasteiger partial charge in [-0.3, -0.25) is 0 Å². The molecule has 86 valence electrons. The van der Waals surface area contributed by atoms with Gasteiger partial charge in [0.15, 0.2) is 0 Å². The minimum absolute atomic E-state index is 0.551. The largest absolute Gasteiger partial charge is 0.369 e. The number of piperidine rings is 1. The molecule has 1 unspecified atom stereocenters. The molecule has 1 aliphatic rings. The van der Waals surface area contributed by atoms with Gasteiger partial charge in [0.25, 0.3) is 0 Å². The van der Waals surface area contributed by atoms with Crippen molar-refractivity contribution < 1.29 is 0 Å². The van der Waals surface area contributed by atoms with Crippen molar-refractivity contribution in [2.24, 2.45) is 5.73 Å². The van der Waals surface area contributed by atoms with Gasteiger partial charge >= 0.3 is 0 Å². The molecule has 0 amide bonds. The molecule has 1 heterocycles. The van der Waals surface area contributed by atoms with Crippen molar-refractivity contribution in [1.29, 1.82) is 10.5 Å². The maximum absolute atomic E-state index is 9.05. The number of anilines is 1. The molecular formula is C13H14N4. The quantitative estimate of drug-likeness (QED) is 0.784. The van der Waals surface area contributed by atoms with Crippen LogP contribution in [0.25, 0.3) is 0 Å². The van der Waals surface area contributed by atoms with Crippen LogP contribution in [-0.2, 0) is 0 Å². The van der Waals surface area contributed by atoms with Crippen molar-refractivity contribution in [2.75, 3.05) is 18.0 Å². The first kappa shape index (κ1) is 11.4. The average Bonchev–Trinajstić information content (AvgIpc) is 2.39. The first-order chi connectivity index (χ1) is 8.17. The second-order valence-corrected chi connectivity index (χ2v) is 4.45. The number of rotatable bonds is 1. The van der Waals surface area contributed by atoms with E-state index in [0.717, 1.165) is 25.1 Å². The first-order valence-electron chi connectivity index (χ1n) is 5.62. The zero-order chi connectivity index (χ0) is 12.3. The zero-order valence-corrected chi connectivity index (χ0v) is 9.56. The van der Waals surface area contributed by atoms with Gasteiger partial charge in [0, 0.05) is 18.8 Å². The molecule has 1 aromatic carbocycles. The highest BCUT2D eigenvalue weighted by atomic mass is 15.2. The minimum Gasteiger partial charge on any atom is -0.369 e. The van der Waals surface area contributed by atoms with E-state index in [1.165, 1.54) is 0 Å². The van der Waals surface area contributed by atoms with Gasteiger partial charge in [-0.15, -0.1) is 0 Å². The van der Waals surface area contributed by atoms with E-state index in [9.17, 15) is 0 Å². The Labute approximate surface area is 101 Å². The summed E-state index contributed by atoms with van der Waals surface area (Å²) >= 11 is 0. The summed E-state index contributed by atoms with van der Waals surface area (Å²) in [6, 6.07) is 11.7. The molecule has 0 radical (unpaired) electrons. The summed E-state index contributed by atoms with van der Waals surface area (Å²) in [6.07, 6.45) is 1.67. The Morgan fingerprint density at radius 2 is 1.94 bits per heavy atom. The van der Waals surface area contributed by atoms with Crippen molar-refractivity contribution >= 4 is 5.69 Å². The summed E-state index contributed by atoms with van der Waals surface area (Å²) in [7, 11) is 0. The first-order valence-corrected chi connectivity index (χ1v) is 5.62. The third kappa shape index (κ3) is 2.38. The number of hydrogen-bond acceptors (Lipinski definition) is 4. The molecule has 1 saturated heterocycles. The van der Waals surface area contributed by atoms with E-state index in [4.69, 9.17) is 16.3 Å². The molecule has 0 saturated carbocycles. The van der Waals surface area contributed by atoms with E-state index in [2.05, 4.69) is 17.0 Å². The molecule has 0 bridgehead atoms. The average molecular weight is 226 g/mol. The third-order valence-corrected chi connectivity index (χ3v) is 3.11. The molecule has 0 aliphatic carbocycles. The highest BCUT2D eigenvalue weighted by Gasteiger charge is 2.31. The third-order valence-electron chi connectivity index (χ3n) is 3.11. The van der Waals surface area contributed by atoms with Crippen LogP contribution < -0.4 is 10.6 Å². The molecule has 17 heavy (non-hydrogen) atoms. The van der Waals surface area contributed by atoms with Gasteiger partial charge in [0.05, 0.1) is 17.7 Å². The Hall–Kier alpha value is -2.04. The van der Waals surface area contributed by atoms with Gasteiger partial charge in [-0.1, -0.05) is 0 Å². The van der Waals surface area contributed by atoms with Crippen LogP contribution >= 0.6 is 0 Å². The lowest BCUT2D eigenvalue weighted by Gasteiger charge is -2.37. The number of hydrogen-bond donors (Lipinski definition) is 1. The Morgan fingerprint density at radius 3 is 2.53 bits per heavy atom. The summed E-state index contributed by atoms with van der Waals surface area (Å²) in [6.45, 7) is 1.46. The van der Waals surface area contributed by atoms with Crippen LogP contribution in [0.1, 0.15) is 18.4 Å². The predicted octanol–water partition coefficient (Wildman–Crippen LogP) is 1.38. The molecule has 2 rings (SSSR count). The molecule has 0 spiro atoms. The fraction of sp³-hybridized carbons (Fsp3) is 0.385. The standard InChI is InChI=1S/C13H14N4/c14-8-11-2-4-12(5-3-11)17-7-1-6-13(16,9-15)10-17/h2-5H,1,6-7,10,16H2. The van der Waals surface area contributed by atoms with Gasteiger partial charge in [0.2, 0.25) is 0 Å². The summed E-state index contributed by atoms with van der Waals surface area (Å²) in [5, 5.41) is 17.8. The van der Waals surface area contributed by atoms with Gasteiger partial charge in [-0.25, -0.2) is 0 Å². The van der Waals surface area contributed by atoms with E-state index >= 15 is 0 Å². The smallest absolute Gasteiger partial charge is 0.121 e. The number of nitrogens with zero attached hydrogens (tertiary/aromatic N) is 3. The Morgan fingerprint density at radius 1 is 1.24 bits per heavy atom. The number of nitrogens with two attached hydrogens (primary N) is 1. The molecule has 1 aliphatic heterocycles. The van der Waals surface area contributed by atoms with Gasteiger partial charge in [-0.05, 0) is 37.1 Å². The lowest BCUT2D eigenvalue weighted by atomic mass is 9.91. The molecule has 0 aromatic heterocycles. The van der Waals surface area contributed by atoms with Crippen LogP contribution in [0.4, 0.5) is 5.69 Å². The van der Waals surface area contributed by atoms with Crippen LogP contribution in [0, 0.1) is 22.7 Å². The van der Waals surface area contributed by atoms with Gasteiger partial charge < -0.3 is 10.6 Å². The van der Waals surface area contributed by atoms with Crippen LogP contribution in [0.2, 0.25) is 0 Å². The number of benzene rings is 1. The van der Waals surface area contributed by atoms with Crippen molar-refractivity contribution in [3.05, 3.63) is 29.8 Å². The zero-order valence-electron chi connectivity index (χ0n) is 9.56. The highest BCUT2D eigenvalue weighted by Crippen LogP contribution is 2.24. The summed E-state index contributed by atoms with van der Waals surface area (Å²) in [5.41, 5.74) is 6.91. The molecule has 4 nitrogen and oxygen atoms in total. The van der Waals surface area contributed by atoms with Crippen molar-refractivity contribution in [2.45, 2.75) is 18.4 Å². The summed E-state index contributed by atoms with van der Waals surface area (Å²) in [5.74, 6) is 0. The van der Waals surface area contributed by atoms with Crippen LogP contribution in [0.15, 0.2) is 24.3 Å². The SMILES string of the molecule is N#Cc1ccc(N2CCCC(N)(C#N)C2)cc1. The lowest BCUT2D eigenvalue weighted by molar-refractivity contribution is 0.424. The van der Waals surface area contributed by atoms with E-state index in [0.29, 0.717) is 12.1 Å². The van der Waals surface area contributed by atoms with E-state index in [1.807, 2.05) is 12.1 Å². The second-order valence-electron chi connectivity index (χ2n) is 4.45. The fourth-order valence-corrected chi connectivity index (χ4v) is 2.14. The molecule has 1 fully saturated rings. The second kappa shape index (κ2) is 4.45. The fourth-order valence-electron chi connectivity index (χ4n) is 2.14. The van der Waals surface area contributed by atoms with Gasteiger partial charge in [0.1, 0.15) is 5.54 Å².